The highest BCUT2D eigenvalue weighted by Gasteiger charge is 2.06. The van der Waals surface area contributed by atoms with Crippen LogP contribution in [0.15, 0.2) is 18.3 Å². The van der Waals surface area contributed by atoms with E-state index in [1.54, 1.807) is 6.20 Å². The molecule has 0 saturated carbocycles. The second-order valence-electron chi connectivity index (χ2n) is 3.42. The van der Waals surface area contributed by atoms with E-state index in [4.69, 9.17) is 23.2 Å². The third-order valence-corrected chi connectivity index (χ3v) is 2.20. The molecule has 0 saturated heterocycles. The van der Waals surface area contributed by atoms with E-state index in [9.17, 15) is 0 Å². The number of hydrogen-bond acceptors (Lipinski definition) is 2. The Morgan fingerprint density at radius 1 is 1.43 bits per heavy atom. The minimum absolute atomic E-state index is 0.171. The van der Waals surface area contributed by atoms with Crippen molar-refractivity contribution < 1.29 is 0 Å². The third kappa shape index (κ3) is 4.16. The summed E-state index contributed by atoms with van der Waals surface area (Å²) in [4.78, 5) is 4.14. The number of aromatic nitrogens is 1. The molecule has 0 amide bonds. The molecule has 0 bridgehead atoms. The second-order valence-corrected chi connectivity index (χ2v) is 4.60. The van der Waals surface area contributed by atoms with Gasteiger partial charge in [0, 0.05) is 17.6 Å². The number of pyridine rings is 1. The lowest BCUT2D eigenvalue weighted by Gasteiger charge is -2.15. The summed E-state index contributed by atoms with van der Waals surface area (Å²) in [5.74, 6) is 0.833. The van der Waals surface area contributed by atoms with Crippen molar-refractivity contribution in [2.75, 3.05) is 5.32 Å². The zero-order valence-electron chi connectivity index (χ0n) is 8.30. The van der Waals surface area contributed by atoms with Crippen molar-refractivity contribution in [1.29, 1.82) is 0 Å². The maximum Gasteiger partial charge on any atom is 0.126 e. The normalized spacial score (nSPS) is 14.9. The van der Waals surface area contributed by atoms with Gasteiger partial charge in [0.1, 0.15) is 5.82 Å². The van der Waals surface area contributed by atoms with Crippen LogP contribution in [0.3, 0.4) is 0 Å². The van der Waals surface area contributed by atoms with E-state index in [1.807, 2.05) is 19.1 Å². The van der Waals surface area contributed by atoms with Crippen LogP contribution in [0, 0.1) is 0 Å². The molecule has 1 aromatic rings. The maximum atomic E-state index is 5.88. The lowest BCUT2D eigenvalue weighted by molar-refractivity contribution is 0.693. The highest BCUT2D eigenvalue weighted by atomic mass is 35.5. The van der Waals surface area contributed by atoms with Crippen molar-refractivity contribution in [2.24, 2.45) is 0 Å². The summed E-state index contributed by atoms with van der Waals surface area (Å²) >= 11 is 11.6. The van der Waals surface area contributed by atoms with E-state index < -0.39 is 0 Å². The van der Waals surface area contributed by atoms with Gasteiger partial charge >= 0.3 is 0 Å². The van der Waals surface area contributed by atoms with E-state index in [-0.39, 0.29) is 5.38 Å². The van der Waals surface area contributed by atoms with Crippen molar-refractivity contribution in [1.82, 2.24) is 4.98 Å². The molecule has 4 heteroatoms. The van der Waals surface area contributed by atoms with Gasteiger partial charge < -0.3 is 5.32 Å². The number of nitrogens with one attached hydrogen (secondary N) is 1. The van der Waals surface area contributed by atoms with Crippen LogP contribution in [0.5, 0.6) is 0 Å². The van der Waals surface area contributed by atoms with Gasteiger partial charge in [-0.3, -0.25) is 0 Å². The number of hydrogen-bond donors (Lipinski definition) is 1. The van der Waals surface area contributed by atoms with Crippen LogP contribution in [-0.2, 0) is 0 Å². The van der Waals surface area contributed by atoms with Gasteiger partial charge in [0.25, 0.3) is 0 Å². The van der Waals surface area contributed by atoms with Gasteiger partial charge in [-0.25, -0.2) is 4.98 Å². The monoisotopic (exact) mass is 232 g/mol. The summed E-state index contributed by atoms with van der Waals surface area (Å²) in [5.41, 5.74) is 0. The molecule has 2 nitrogen and oxygen atoms in total. The van der Waals surface area contributed by atoms with Crippen LogP contribution >= 0.6 is 23.2 Å². The molecule has 0 aliphatic carbocycles. The summed E-state index contributed by atoms with van der Waals surface area (Å²) in [6.07, 6.45) is 2.53. The summed E-state index contributed by atoms with van der Waals surface area (Å²) in [6.45, 7) is 4.06. The van der Waals surface area contributed by atoms with Gasteiger partial charge in [-0.2, -0.15) is 0 Å². The number of halogens is 2. The molecule has 0 aromatic carbocycles. The Bertz CT molecular complexity index is 272. The fourth-order valence-corrected chi connectivity index (χ4v) is 1.64. The molecule has 1 aromatic heterocycles. The average molecular weight is 233 g/mol. The van der Waals surface area contributed by atoms with E-state index in [1.165, 1.54) is 0 Å². The van der Waals surface area contributed by atoms with E-state index >= 15 is 0 Å². The summed E-state index contributed by atoms with van der Waals surface area (Å²) in [7, 11) is 0. The fraction of sp³-hybridized carbons (Fsp3) is 0.500. The molecule has 0 fully saturated rings. The molecular formula is C10H14Cl2N2. The molecule has 0 spiro atoms. The Morgan fingerprint density at radius 2 is 2.14 bits per heavy atom. The lowest BCUT2D eigenvalue weighted by atomic mass is 10.2. The minimum atomic E-state index is 0.171. The quantitative estimate of drug-likeness (QED) is 0.804. The van der Waals surface area contributed by atoms with Gasteiger partial charge in [-0.05, 0) is 32.4 Å². The van der Waals surface area contributed by atoms with Crippen LogP contribution in [0.2, 0.25) is 5.02 Å². The number of rotatable bonds is 4. The van der Waals surface area contributed by atoms with Gasteiger partial charge in [0.2, 0.25) is 0 Å². The molecule has 1 rings (SSSR count). The zero-order chi connectivity index (χ0) is 10.6. The number of anilines is 1. The highest BCUT2D eigenvalue weighted by Crippen LogP contribution is 2.13. The standard InChI is InChI=1S/C10H14Cl2N2/c1-7(11)5-8(2)14-10-4-3-9(12)6-13-10/h3-4,6-8H,5H2,1-2H3,(H,13,14). The first-order chi connectivity index (χ1) is 6.58. The Kier molecular flexibility index (Phi) is 4.49. The lowest BCUT2D eigenvalue weighted by Crippen LogP contribution is -2.19. The molecule has 0 radical (unpaired) electrons. The van der Waals surface area contributed by atoms with Crippen LogP contribution < -0.4 is 5.32 Å². The Balaban J connectivity index is 2.47. The van der Waals surface area contributed by atoms with Crippen molar-refractivity contribution in [2.45, 2.75) is 31.7 Å². The Labute approximate surface area is 94.6 Å². The Hall–Kier alpha value is -0.470. The van der Waals surface area contributed by atoms with Crippen LogP contribution in [0.1, 0.15) is 20.3 Å². The van der Waals surface area contributed by atoms with Crippen LogP contribution in [-0.4, -0.2) is 16.4 Å². The van der Waals surface area contributed by atoms with Crippen molar-refractivity contribution in [3.8, 4) is 0 Å². The van der Waals surface area contributed by atoms with Gasteiger partial charge in [-0.15, -0.1) is 11.6 Å². The van der Waals surface area contributed by atoms with Crippen LogP contribution in [0.4, 0.5) is 5.82 Å². The molecule has 0 aliphatic heterocycles. The molecule has 78 valence electrons. The van der Waals surface area contributed by atoms with Gasteiger partial charge in [0.15, 0.2) is 0 Å². The topological polar surface area (TPSA) is 24.9 Å². The zero-order valence-corrected chi connectivity index (χ0v) is 9.81. The largest absolute Gasteiger partial charge is 0.368 e. The third-order valence-electron chi connectivity index (χ3n) is 1.80. The molecular weight excluding hydrogens is 219 g/mol. The summed E-state index contributed by atoms with van der Waals surface area (Å²) < 4.78 is 0. The maximum absolute atomic E-state index is 5.88. The molecule has 1 N–H and O–H groups in total. The SMILES string of the molecule is CC(Cl)CC(C)Nc1ccc(Cl)cn1. The summed E-state index contributed by atoms with van der Waals surface area (Å²) in [6, 6.07) is 3.99. The first-order valence-corrected chi connectivity index (χ1v) is 5.41. The van der Waals surface area contributed by atoms with E-state index in [0.29, 0.717) is 11.1 Å². The predicted octanol–water partition coefficient (Wildman–Crippen LogP) is 3.55. The van der Waals surface area contributed by atoms with E-state index in [0.717, 1.165) is 12.2 Å². The van der Waals surface area contributed by atoms with Crippen molar-refractivity contribution in [3.05, 3.63) is 23.4 Å². The predicted molar refractivity (Wildman–Crippen MR) is 62.3 cm³/mol. The van der Waals surface area contributed by atoms with Gasteiger partial charge in [0.05, 0.1) is 5.02 Å². The fourth-order valence-electron chi connectivity index (χ4n) is 1.26. The average Bonchev–Trinajstić information content (AvgIpc) is 2.07. The number of nitrogens with zero attached hydrogens (tertiary/aromatic N) is 1. The van der Waals surface area contributed by atoms with Crippen molar-refractivity contribution in [3.63, 3.8) is 0 Å². The molecule has 2 unspecified atom stereocenters. The number of alkyl halides is 1. The Morgan fingerprint density at radius 3 is 2.64 bits per heavy atom. The molecule has 14 heavy (non-hydrogen) atoms. The minimum Gasteiger partial charge on any atom is -0.368 e. The first kappa shape index (κ1) is 11.6. The highest BCUT2D eigenvalue weighted by molar-refractivity contribution is 6.30. The van der Waals surface area contributed by atoms with Crippen LogP contribution in [0.25, 0.3) is 0 Å². The van der Waals surface area contributed by atoms with Gasteiger partial charge in [-0.1, -0.05) is 11.6 Å². The smallest absolute Gasteiger partial charge is 0.126 e. The second kappa shape index (κ2) is 5.42. The molecule has 2 atom stereocenters. The summed E-state index contributed by atoms with van der Waals surface area (Å²) in [5, 5.41) is 4.06. The van der Waals surface area contributed by atoms with Crippen molar-refractivity contribution >= 4 is 29.0 Å². The molecule has 0 aliphatic rings. The first-order valence-electron chi connectivity index (χ1n) is 4.60. The molecule has 1 heterocycles. The van der Waals surface area contributed by atoms with E-state index in [2.05, 4.69) is 17.2 Å².